The lowest BCUT2D eigenvalue weighted by Crippen LogP contribution is -2.46. The van der Waals surface area contributed by atoms with Gasteiger partial charge in [-0.3, -0.25) is 9.69 Å². The molecular weight excluding hydrogens is 298 g/mol. The Morgan fingerprint density at radius 1 is 1.26 bits per heavy atom. The number of nitrogens with two attached hydrogens (primary N) is 1. The van der Waals surface area contributed by atoms with Gasteiger partial charge in [0.05, 0.1) is 5.69 Å². The molecule has 2 saturated heterocycles. The molecular formula is C16H19N3O4. The summed E-state index contributed by atoms with van der Waals surface area (Å²) in [5.74, 6) is 0.736. The molecule has 3 aliphatic heterocycles. The van der Waals surface area contributed by atoms with Gasteiger partial charge < -0.3 is 20.1 Å². The van der Waals surface area contributed by atoms with Gasteiger partial charge in [-0.05, 0) is 25.0 Å². The number of cyclic esters (lactones) is 1. The van der Waals surface area contributed by atoms with Gasteiger partial charge >= 0.3 is 6.09 Å². The fourth-order valence-electron chi connectivity index (χ4n) is 3.47. The fraction of sp³-hybridized carbons (Fsp3) is 0.500. The third kappa shape index (κ3) is 2.23. The van der Waals surface area contributed by atoms with Gasteiger partial charge in [-0.25, -0.2) is 4.79 Å². The summed E-state index contributed by atoms with van der Waals surface area (Å²) in [5.41, 5.74) is 7.15. The molecule has 0 saturated carbocycles. The van der Waals surface area contributed by atoms with Crippen LogP contribution in [0.2, 0.25) is 0 Å². The molecule has 2 fully saturated rings. The molecule has 0 aliphatic carbocycles. The highest BCUT2D eigenvalue weighted by Crippen LogP contribution is 2.41. The van der Waals surface area contributed by atoms with Crippen LogP contribution in [0.3, 0.4) is 0 Å². The average Bonchev–Trinajstić information content (AvgIpc) is 2.91. The van der Waals surface area contributed by atoms with Gasteiger partial charge in [-0.1, -0.05) is 0 Å². The van der Waals surface area contributed by atoms with E-state index in [1.807, 2.05) is 18.2 Å². The first-order valence-electron chi connectivity index (χ1n) is 7.96. The highest BCUT2D eigenvalue weighted by molar-refractivity contribution is 5.97. The maximum absolute atomic E-state index is 12.1. The first-order chi connectivity index (χ1) is 11.2. The molecule has 2 atom stereocenters. The van der Waals surface area contributed by atoms with Crippen LogP contribution in [-0.4, -0.2) is 43.8 Å². The van der Waals surface area contributed by atoms with E-state index in [1.54, 1.807) is 9.80 Å². The maximum atomic E-state index is 12.1. The van der Waals surface area contributed by atoms with Crippen LogP contribution in [0.1, 0.15) is 19.3 Å². The second-order valence-electron chi connectivity index (χ2n) is 6.06. The molecule has 1 aromatic rings. The SMILES string of the molecule is NC[C@@H]1OC(=O)N2c3ccc(N4CCCCC4=O)cc3OC[C@@H]12. The zero-order chi connectivity index (χ0) is 16.0. The number of hydrogen-bond acceptors (Lipinski definition) is 5. The lowest BCUT2D eigenvalue weighted by atomic mass is 10.1. The number of ether oxygens (including phenoxy) is 2. The fourth-order valence-corrected chi connectivity index (χ4v) is 3.47. The van der Waals surface area contributed by atoms with E-state index in [0.29, 0.717) is 24.5 Å². The zero-order valence-electron chi connectivity index (χ0n) is 12.7. The standard InChI is InChI=1S/C16H19N3O4/c17-8-14-12-9-22-13-7-10(18-6-2-1-3-15(18)20)4-5-11(13)19(12)16(21)23-14/h4-5,7,12,14H,1-3,6,8-9,17H2/t12-,14-/m0/s1. The molecule has 2 N–H and O–H groups in total. The Kier molecular flexibility index (Phi) is 3.37. The third-order valence-corrected chi connectivity index (χ3v) is 4.69. The number of carbonyl (C=O) groups is 2. The van der Waals surface area contributed by atoms with Crippen molar-refractivity contribution in [1.82, 2.24) is 0 Å². The number of anilines is 2. The third-order valence-electron chi connectivity index (χ3n) is 4.69. The molecule has 23 heavy (non-hydrogen) atoms. The van der Waals surface area contributed by atoms with Crippen molar-refractivity contribution >= 4 is 23.4 Å². The molecule has 0 spiro atoms. The minimum atomic E-state index is -0.392. The van der Waals surface area contributed by atoms with Crippen molar-refractivity contribution < 1.29 is 19.1 Å². The van der Waals surface area contributed by atoms with E-state index in [-0.39, 0.29) is 24.6 Å². The van der Waals surface area contributed by atoms with Crippen LogP contribution in [0, 0.1) is 0 Å². The number of benzene rings is 1. The van der Waals surface area contributed by atoms with Crippen LogP contribution in [0.25, 0.3) is 0 Å². The number of piperidine rings is 1. The van der Waals surface area contributed by atoms with Crippen LogP contribution in [0.4, 0.5) is 16.2 Å². The summed E-state index contributed by atoms with van der Waals surface area (Å²) in [5, 5.41) is 0. The highest BCUT2D eigenvalue weighted by atomic mass is 16.6. The second kappa shape index (κ2) is 5.42. The zero-order valence-corrected chi connectivity index (χ0v) is 12.7. The van der Waals surface area contributed by atoms with Crippen molar-refractivity contribution in [1.29, 1.82) is 0 Å². The first-order valence-corrected chi connectivity index (χ1v) is 7.96. The quantitative estimate of drug-likeness (QED) is 0.887. The predicted molar refractivity (Wildman–Crippen MR) is 83.7 cm³/mol. The number of rotatable bonds is 2. The van der Waals surface area contributed by atoms with Gasteiger partial charge in [0.25, 0.3) is 0 Å². The molecule has 0 aromatic heterocycles. The summed E-state index contributed by atoms with van der Waals surface area (Å²) in [6, 6.07) is 5.32. The van der Waals surface area contributed by atoms with Gasteiger partial charge in [0.1, 0.15) is 24.5 Å². The smallest absolute Gasteiger partial charge is 0.415 e. The summed E-state index contributed by atoms with van der Waals surface area (Å²) in [6.45, 7) is 1.34. The Hall–Kier alpha value is -2.28. The van der Waals surface area contributed by atoms with E-state index in [9.17, 15) is 9.59 Å². The van der Waals surface area contributed by atoms with E-state index in [1.165, 1.54) is 0 Å². The van der Waals surface area contributed by atoms with Gasteiger partial charge in [-0.15, -0.1) is 0 Å². The summed E-state index contributed by atoms with van der Waals surface area (Å²) < 4.78 is 11.1. The Morgan fingerprint density at radius 3 is 2.91 bits per heavy atom. The second-order valence-corrected chi connectivity index (χ2v) is 6.06. The molecule has 7 heteroatoms. The lowest BCUT2D eigenvalue weighted by molar-refractivity contribution is -0.119. The predicted octanol–water partition coefficient (Wildman–Crippen LogP) is 1.25. The Bertz CT molecular complexity index is 663. The minimum absolute atomic E-state index is 0.133. The van der Waals surface area contributed by atoms with E-state index in [4.69, 9.17) is 15.2 Å². The summed E-state index contributed by atoms with van der Waals surface area (Å²) in [6.07, 6.45) is 1.79. The normalized spacial score (nSPS) is 26.5. The topological polar surface area (TPSA) is 85.1 Å². The van der Waals surface area contributed by atoms with Crippen LogP contribution >= 0.6 is 0 Å². The van der Waals surface area contributed by atoms with Crippen molar-refractivity contribution in [2.75, 3.05) is 29.5 Å². The van der Waals surface area contributed by atoms with Gasteiger partial charge in [0.15, 0.2) is 0 Å². The Morgan fingerprint density at radius 2 is 2.13 bits per heavy atom. The minimum Gasteiger partial charge on any atom is -0.489 e. The van der Waals surface area contributed by atoms with Crippen molar-refractivity contribution in [2.24, 2.45) is 5.73 Å². The van der Waals surface area contributed by atoms with Gasteiger partial charge in [0.2, 0.25) is 5.91 Å². The molecule has 0 unspecified atom stereocenters. The number of carbonyl (C=O) groups excluding carboxylic acids is 2. The van der Waals surface area contributed by atoms with Crippen molar-refractivity contribution in [3.63, 3.8) is 0 Å². The molecule has 0 radical (unpaired) electrons. The average molecular weight is 317 g/mol. The van der Waals surface area contributed by atoms with Crippen LogP contribution < -0.4 is 20.3 Å². The molecule has 3 aliphatic rings. The number of hydrogen-bond donors (Lipinski definition) is 1. The van der Waals surface area contributed by atoms with Crippen molar-refractivity contribution in [3.05, 3.63) is 18.2 Å². The van der Waals surface area contributed by atoms with Crippen molar-refractivity contribution in [3.8, 4) is 5.75 Å². The summed E-state index contributed by atoms with van der Waals surface area (Å²) in [7, 11) is 0. The van der Waals surface area contributed by atoms with Crippen LogP contribution in [-0.2, 0) is 9.53 Å². The van der Waals surface area contributed by atoms with Gasteiger partial charge in [-0.2, -0.15) is 0 Å². The van der Waals surface area contributed by atoms with Crippen LogP contribution in [0.5, 0.6) is 5.75 Å². The molecule has 1 aromatic carbocycles. The molecule has 7 nitrogen and oxygen atoms in total. The Labute approximate surface area is 133 Å². The molecule has 122 valence electrons. The number of fused-ring (bicyclic) bond motifs is 3. The van der Waals surface area contributed by atoms with Gasteiger partial charge in [0, 0.05) is 31.3 Å². The largest absolute Gasteiger partial charge is 0.489 e. The lowest BCUT2D eigenvalue weighted by Gasteiger charge is -2.33. The van der Waals surface area contributed by atoms with E-state index in [0.717, 1.165) is 25.1 Å². The first kappa shape index (κ1) is 14.3. The highest BCUT2D eigenvalue weighted by Gasteiger charge is 2.46. The molecule has 2 amide bonds. The maximum Gasteiger partial charge on any atom is 0.415 e. The molecule has 0 bridgehead atoms. The summed E-state index contributed by atoms with van der Waals surface area (Å²) >= 11 is 0. The molecule has 3 heterocycles. The summed E-state index contributed by atoms with van der Waals surface area (Å²) in [4.78, 5) is 27.6. The van der Waals surface area contributed by atoms with E-state index >= 15 is 0 Å². The number of nitrogens with zero attached hydrogens (tertiary/aromatic N) is 2. The monoisotopic (exact) mass is 317 g/mol. The van der Waals surface area contributed by atoms with Crippen molar-refractivity contribution in [2.45, 2.75) is 31.4 Å². The number of amides is 2. The van der Waals surface area contributed by atoms with Crippen LogP contribution in [0.15, 0.2) is 18.2 Å². The Balaban J connectivity index is 1.66. The van der Waals surface area contributed by atoms with E-state index in [2.05, 4.69) is 0 Å². The van der Waals surface area contributed by atoms with E-state index < -0.39 is 6.09 Å². The molecule has 4 rings (SSSR count).